The Morgan fingerprint density at radius 1 is 0.746 bits per heavy atom. The summed E-state index contributed by atoms with van der Waals surface area (Å²) in [5.74, 6) is 0.934. The predicted octanol–water partition coefficient (Wildman–Crippen LogP) is 9.56. The Labute approximate surface area is 429 Å². The SMILES string of the molecule is Cc1cc(S(=O)(=O)Nc2ccc(N3CCN(c4cccc(-c5c(C(=O)N6CCN(C)CC6)c(C)n(C)c5-c5ccc(Cl)cc5)c4)CC3)cc2)ccc1N[C@H](CCN1CCC(O)CC1)CSc1ccccc1. The molecule has 3 saturated heterocycles. The average Bonchev–Trinajstić information content (AvgIpc) is 3.65. The first-order valence-electron chi connectivity index (χ1n) is 24.9. The number of anilines is 4. The normalized spacial score (nSPS) is 16.8. The van der Waals surface area contributed by atoms with Crippen molar-refractivity contribution < 1.29 is 18.3 Å². The number of aliphatic hydroxyl groups is 1. The van der Waals surface area contributed by atoms with Gasteiger partial charge in [-0.15, -0.1) is 11.8 Å². The molecule has 3 aliphatic heterocycles. The highest BCUT2D eigenvalue weighted by molar-refractivity contribution is 7.99. The zero-order chi connectivity index (χ0) is 49.6. The molecule has 1 aromatic heterocycles. The van der Waals surface area contributed by atoms with E-state index in [-0.39, 0.29) is 22.9 Å². The van der Waals surface area contributed by atoms with Crippen LogP contribution < -0.4 is 19.8 Å². The second-order valence-corrected chi connectivity index (χ2v) is 22.5. The quantitative estimate of drug-likeness (QED) is 0.0811. The number of sulfonamides is 1. The van der Waals surface area contributed by atoms with Crippen molar-refractivity contribution in [2.24, 2.45) is 7.05 Å². The fraction of sp³-hybridized carbons (Fsp3) is 0.375. The number of aryl methyl sites for hydroxylation is 1. The smallest absolute Gasteiger partial charge is 0.261 e. The molecule has 0 radical (unpaired) electrons. The van der Waals surface area contributed by atoms with Gasteiger partial charge in [0.1, 0.15) is 0 Å². The summed E-state index contributed by atoms with van der Waals surface area (Å²) in [6, 6.07) is 40.0. The topological polar surface area (TPSA) is 117 Å². The van der Waals surface area contributed by atoms with Crippen LogP contribution in [0.15, 0.2) is 131 Å². The number of aromatic nitrogens is 1. The number of piperazine rings is 2. The molecule has 3 fully saturated rings. The van der Waals surface area contributed by atoms with Crippen molar-refractivity contribution in [2.75, 3.05) is 105 Å². The van der Waals surface area contributed by atoms with Crippen LogP contribution in [0.25, 0.3) is 22.4 Å². The summed E-state index contributed by atoms with van der Waals surface area (Å²) < 4.78 is 32.5. The van der Waals surface area contributed by atoms with Crippen molar-refractivity contribution in [1.82, 2.24) is 19.3 Å². The molecule has 0 aliphatic carbocycles. The molecule has 3 aliphatic rings. The number of carbonyl (C=O) groups is 1. The van der Waals surface area contributed by atoms with E-state index in [0.29, 0.717) is 23.8 Å². The Bertz CT molecular complexity index is 2880. The second-order valence-electron chi connectivity index (χ2n) is 19.3. The van der Waals surface area contributed by atoms with E-state index in [1.807, 2.05) is 98.2 Å². The number of amides is 1. The molecule has 12 nitrogen and oxygen atoms in total. The lowest BCUT2D eigenvalue weighted by molar-refractivity contribution is 0.0664. The number of nitrogens with zero attached hydrogens (tertiary/aromatic N) is 6. The largest absolute Gasteiger partial charge is 0.393 e. The van der Waals surface area contributed by atoms with E-state index in [4.69, 9.17) is 11.6 Å². The van der Waals surface area contributed by atoms with Gasteiger partial charge in [-0.1, -0.05) is 54.1 Å². The number of halogens is 1. The summed E-state index contributed by atoms with van der Waals surface area (Å²) in [7, 11) is 0.293. The van der Waals surface area contributed by atoms with Crippen LogP contribution in [0.2, 0.25) is 5.02 Å². The van der Waals surface area contributed by atoms with Gasteiger partial charge in [0.15, 0.2) is 0 Å². The minimum absolute atomic E-state index is 0.0672. The summed E-state index contributed by atoms with van der Waals surface area (Å²) in [6.45, 7) is 13.0. The van der Waals surface area contributed by atoms with Crippen LogP contribution in [0.3, 0.4) is 0 Å². The van der Waals surface area contributed by atoms with E-state index in [9.17, 15) is 18.3 Å². The monoisotopic (exact) mass is 1010 g/mol. The standard InChI is InChI=1S/C56H67ClN8O4S2/c1-40-37-51(21-22-52(40)58-46(39-70-50-11-6-5-7-12-50)23-26-62-27-24-49(66)25-28-62)71(68,69)59-45-17-19-47(20-18-45)63-33-35-64(36-34-63)48-10-8-9-43(38-48)54-53(56(67)65-31-29-60(3)30-32-65)41(2)61(4)55(54)42-13-15-44(57)16-14-42/h5-22,37-38,46,49,58-59,66H,23-36,39H2,1-4H3/t46-/m1/s1. The third-order valence-electron chi connectivity index (χ3n) is 14.5. The molecule has 3 N–H and O–H groups in total. The zero-order valence-corrected chi connectivity index (χ0v) is 43.7. The Morgan fingerprint density at radius 3 is 2.10 bits per heavy atom. The number of hydrogen-bond donors (Lipinski definition) is 3. The molecule has 0 saturated carbocycles. The number of benzene rings is 5. The number of carbonyl (C=O) groups excluding carboxylic acids is 1. The van der Waals surface area contributed by atoms with E-state index in [0.717, 1.165) is 140 Å². The molecule has 1 atom stereocenters. The first-order chi connectivity index (χ1) is 34.3. The van der Waals surface area contributed by atoms with Gasteiger partial charge in [-0.3, -0.25) is 9.52 Å². The summed E-state index contributed by atoms with van der Waals surface area (Å²) in [4.78, 5) is 27.3. The summed E-state index contributed by atoms with van der Waals surface area (Å²) in [5, 5.41) is 14.4. The molecule has 1 amide bonds. The Morgan fingerprint density at radius 2 is 1.42 bits per heavy atom. The lowest BCUT2D eigenvalue weighted by atomic mass is 9.95. The third-order valence-corrected chi connectivity index (χ3v) is 17.3. The third kappa shape index (κ3) is 12.1. The Balaban J connectivity index is 0.843. The zero-order valence-electron chi connectivity index (χ0n) is 41.4. The van der Waals surface area contributed by atoms with E-state index < -0.39 is 10.0 Å². The van der Waals surface area contributed by atoms with Gasteiger partial charge in [0.05, 0.1) is 22.3 Å². The maximum atomic E-state index is 14.5. The Hall–Kier alpha value is -5.48. The fourth-order valence-electron chi connectivity index (χ4n) is 10.1. The molecule has 374 valence electrons. The first kappa shape index (κ1) is 50.5. The van der Waals surface area contributed by atoms with Crippen LogP contribution in [0.4, 0.5) is 22.7 Å². The maximum Gasteiger partial charge on any atom is 0.261 e. The molecule has 4 heterocycles. The molecule has 0 bridgehead atoms. The minimum Gasteiger partial charge on any atom is -0.393 e. The summed E-state index contributed by atoms with van der Waals surface area (Å²) in [5.41, 5.74) is 10.0. The predicted molar refractivity (Wildman–Crippen MR) is 293 cm³/mol. The molecule has 0 spiro atoms. The van der Waals surface area contributed by atoms with Crippen LogP contribution in [0, 0.1) is 13.8 Å². The van der Waals surface area contributed by atoms with Gasteiger partial charge < -0.3 is 39.5 Å². The minimum atomic E-state index is -3.85. The number of rotatable bonds is 16. The molecule has 5 aromatic carbocycles. The molecule has 71 heavy (non-hydrogen) atoms. The Kier molecular flexibility index (Phi) is 16.0. The maximum absolute atomic E-state index is 14.5. The molecular weight excluding hydrogens is 948 g/mol. The lowest BCUT2D eigenvalue weighted by Crippen LogP contribution is -2.47. The van der Waals surface area contributed by atoms with Crippen LogP contribution in [0.5, 0.6) is 0 Å². The second kappa shape index (κ2) is 22.5. The number of piperidine rings is 1. The van der Waals surface area contributed by atoms with Gasteiger partial charge in [0, 0.05) is 135 Å². The fourth-order valence-corrected chi connectivity index (χ4v) is 12.3. The number of nitrogens with one attached hydrogen (secondary N) is 2. The highest BCUT2D eigenvalue weighted by atomic mass is 35.5. The van der Waals surface area contributed by atoms with Gasteiger partial charge in [0.25, 0.3) is 15.9 Å². The van der Waals surface area contributed by atoms with Gasteiger partial charge in [-0.25, -0.2) is 8.42 Å². The lowest BCUT2D eigenvalue weighted by Gasteiger charge is -2.37. The molecule has 0 unspecified atom stereocenters. The van der Waals surface area contributed by atoms with Crippen LogP contribution >= 0.6 is 23.4 Å². The van der Waals surface area contributed by atoms with E-state index >= 15 is 0 Å². The van der Waals surface area contributed by atoms with Crippen molar-refractivity contribution >= 4 is 62.0 Å². The van der Waals surface area contributed by atoms with Crippen molar-refractivity contribution in [1.29, 1.82) is 0 Å². The van der Waals surface area contributed by atoms with E-state index in [1.165, 1.54) is 4.90 Å². The van der Waals surface area contributed by atoms with E-state index in [1.54, 1.807) is 12.1 Å². The number of likely N-dealkylation sites (tertiary alicyclic amines) is 1. The number of thioether (sulfide) groups is 1. The van der Waals surface area contributed by atoms with Gasteiger partial charge in [-0.05, 0) is 136 Å². The first-order valence-corrected chi connectivity index (χ1v) is 27.8. The summed E-state index contributed by atoms with van der Waals surface area (Å²) in [6.07, 6.45) is 2.36. The van der Waals surface area contributed by atoms with Crippen molar-refractivity contribution in [3.05, 3.63) is 143 Å². The van der Waals surface area contributed by atoms with Crippen molar-refractivity contribution in [3.8, 4) is 22.4 Å². The van der Waals surface area contributed by atoms with Crippen LogP contribution in [-0.2, 0) is 17.1 Å². The summed E-state index contributed by atoms with van der Waals surface area (Å²) >= 11 is 8.17. The van der Waals surface area contributed by atoms with Gasteiger partial charge in [-0.2, -0.15) is 0 Å². The number of likely N-dealkylation sites (N-methyl/N-ethyl adjacent to an activating group) is 1. The van der Waals surface area contributed by atoms with Crippen molar-refractivity contribution in [3.63, 3.8) is 0 Å². The van der Waals surface area contributed by atoms with Gasteiger partial charge >= 0.3 is 0 Å². The molecule has 6 aromatic rings. The number of aliphatic hydroxyl groups excluding tert-OH is 1. The van der Waals surface area contributed by atoms with Crippen molar-refractivity contribution in [2.45, 2.75) is 55.0 Å². The van der Waals surface area contributed by atoms with Crippen LogP contribution in [-0.4, -0.2) is 136 Å². The highest BCUT2D eigenvalue weighted by Crippen LogP contribution is 2.41. The van der Waals surface area contributed by atoms with Crippen LogP contribution in [0.1, 0.15) is 40.9 Å². The highest BCUT2D eigenvalue weighted by Gasteiger charge is 2.31. The number of hydrogen-bond acceptors (Lipinski definition) is 10. The van der Waals surface area contributed by atoms with Gasteiger partial charge in [0.2, 0.25) is 0 Å². The molecule has 15 heteroatoms. The average molecular weight is 1020 g/mol. The molecule has 9 rings (SSSR count). The molecular formula is C56H67ClN8O4S2. The van der Waals surface area contributed by atoms with E-state index in [2.05, 4.69) is 89.8 Å².